The second-order valence-corrected chi connectivity index (χ2v) is 5.27. The second-order valence-electron chi connectivity index (χ2n) is 5.27. The minimum Gasteiger partial charge on any atom is -0.379 e. The zero-order valence-corrected chi connectivity index (χ0v) is 12.6. The van der Waals surface area contributed by atoms with E-state index in [1.54, 1.807) is 18.2 Å². The van der Waals surface area contributed by atoms with E-state index in [2.05, 4.69) is 15.4 Å². The summed E-state index contributed by atoms with van der Waals surface area (Å²) in [6.07, 6.45) is 0. The number of halogens is 1. The Morgan fingerprint density at radius 3 is 2.87 bits per heavy atom. The van der Waals surface area contributed by atoms with E-state index >= 15 is 0 Å². The van der Waals surface area contributed by atoms with Gasteiger partial charge in [-0.3, -0.25) is 9.69 Å². The Hall–Kier alpha value is -2.25. The highest BCUT2D eigenvalue weighted by Gasteiger charge is 2.16. The highest BCUT2D eigenvalue weighted by molar-refractivity contribution is 5.93. The fraction of sp³-hybridized carbons (Fsp3) is 0.375. The molecule has 0 spiro atoms. The van der Waals surface area contributed by atoms with Crippen molar-refractivity contribution in [1.29, 1.82) is 0 Å². The van der Waals surface area contributed by atoms with Gasteiger partial charge in [-0.2, -0.15) is 0 Å². The van der Waals surface area contributed by atoms with Crippen LogP contribution in [0.3, 0.4) is 0 Å². The van der Waals surface area contributed by atoms with Gasteiger partial charge in [0.2, 0.25) is 0 Å². The Balaban J connectivity index is 1.55. The summed E-state index contributed by atoms with van der Waals surface area (Å²) in [4.78, 5) is 14.3. The molecule has 6 nitrogen and oxygen atoms in total. The molecule has 122 valence electrons. The largest absolute Gasteiger partial charge is 0.379 e. The van der Waals surface area contributed by atoms with Crippen molar-refractivity contribution in [3.63, 3.8) is 0 Å². The maximum atomic E-state index is 13.7. The first-order chi connectivity index (χ1) is 11.2. The minimum absolute atomic E-state index is 0.144. The summed E-state index contributed by atoms with van der Waals surface area (Å²) < 4.78 is 24.0. The standard InChI is InChI=1S/C16H18FN3O3/c17-13-4-2-1-3-12(13)15-11-14(19-23-15)16(21)18-5-6-20-7-9-22-10-8-20/h1-4,11H,5-10H2,(H,18,21). The molecular formula is C16H18FN3O3. The van der Waals surface area contributed by atoms with Crippen molar-refractivity contribution in [3.05, 3.63) is 41.8 Å². The normalized spacial score (nSPS) is 15.5. The van der Waals surface area contributed by atoms with E-state index in [1.165, 1.54) is 12.1 Å². The molecule has 2 heterocycles. The molecule has 1 N–H and O–H groups in total. The topological polar surface area (TPSA) is 67.6 Å². The first-order valence-corrected chi connectivity index (χ1v) is 7.54. The van der Waals surface area contributed by atoms with E-state index in [-0.39, 0.29) is 22.9 Å². The van der Waals surface area contributed by atoms with Crippen LogP contribution in [0.5, 0.6) is 0 Å². The molecule has 1 aliphatic heterocycles. The van der Waals surface area contributed by atoms with Crippen molar-refractivity contribution in [2.75, 3.05) is 39.4 Å². The molecule has 0 unspecified atom stereocenters. The Labute approximate surface area is 133 Å². The van der Waals surface area contributed by atoms with E-state index in [4.69, 9.17) is 9.26 Å². The van der Waals surface area contributed by atoms with Gasteiger partial charge in [0.25, 0.3) is 5.91 Å². The van der Waals surface area contributed by atoms with E-state index in [1.807, 2.05) is 0 Å². The van der Waals surface area contributed by atoms with Crippen LogP contribution < -0.4 is 5.32 Å². The molecule has 7 heteroatoms. The van der Waals surface area contributed by atoms with Gasteiger partial charge in [0.1, 0.15) is 5.82 Å². The van der Waals surface area contributed by atoms with Crippen molar-refractivity contribution < 1.29 is 18.4 Å². The van der Waals surface area contributed by atoms with Gasteiger partial charge < -0.3 is 14.6 Å². The monoisotopic (exact) mass is 319 g/mol. The number of ether oxygens (including phenoxy) is 1. The Morgan fingerprint density at radius 2 is 2.09 bits per heavy atom. The zero-order valence-electron chi connectivity index (χ0n) is 12.6. The average Bonchev–Trinajstić information content (AvgIpc) is 3.06. The SMILES string of the molecule is O=C(NCCN1CCOCC1)c1cc(-c2ccccc2F)on1. The molecule has 0 saturated carbocycles. The summed E-state index contributed by atoms with van der Waals surface area (Å²) in [5.74, 6) is -0.506. The number of hydrogen-bond acceptors (Lipinski definition) is 5. The van der Waals surface area contributed by atoms with Crippen molar-refractivity contribution in [2.24, 2.45) is 0 Å². The number of carbonyl (C=O) groups excluding carboxylic acids is 1. The Kier molecular flexibility index (Phi) is 4.99. The maximum absolute atomic E-state index is 13.7. The third-order valence-corrected chi connectivity index (χ3v) is 3.70. The highest BCUT2D eigenvalue weighted by Crippen LogP contribution is 2.23. The van der Waals surface area contributed by atoms with Crippen LogP contribution in [-0.2, 0) is 4.74 Å². The summed E-state index contributed by atoms with van der Waals surface area (Å²) in [7, 11) is 0. The molecule has 3 rings (SSSR count). The lowest BCUT2D eigenvalue weighted by atomic mass is 10.1. The first-order valence-electron chi connectivity index (χ1n) is 7.54. The summed E-state index contributed by atoms with van der Waals surface area (Å²) in [5.41, 5.74) is 0.428. The highest BCUT2D eigenvalue weighted by atomic mass is 19.1. The molecule has 0 bridgehead atoms. The van der Waals surface area contributed by atoms with Crippen molar-refractivity contribution in [1.82, 2.24) is 15.4 Å². The van der Waals surface area contributed by atoms with Gasteiger partial charge in [-0.1, -0.05) is 17.3 Å². The zero-order chi connectivity index (χ0) is 16.1. The molecule has 0 atom stereocenters. The first kappa shape index (κ1) is 15.6. The molecule has 1 aromatic heterocycles. The molecule has 0 radical (unpaired) electrons. The van der Waals surface area contributed by atoms with Crippen LogP contribution in [-0.4, -0.2) is 55.4 Å². The van der Waals surface area contributed by atoms with Crippen LogP contribution in [0, 0.1) is 5.82 Å². The van der Waals surface area contributed by atoms with Crippen molar-refractivity contribution >= 4 is 5.91 Å². The molecule has 23 heavy (non-hydrogen) atoms. The number of rotatable bonds is 5. The van der Waals surface area contributed by atoms with Crippen LogP contribution in [0.2, 0.25) is 0 Å². The van der Waals surface area contributed by atoms with E-state index in [0.717, 1.165) is 32.8 Å². The summed E-state index contributed by atoms with van der Waals surface area (Å²) >= 11 is 0. The van der Waals surface area contributed by atoms with E-state index in [0.29, 0.717) is 6.54 Å². The van der Waals surface area contributed by atoms with Gasteiger partial charge in [-0.25, -0.2) is 4.39 Å². The lowest BCUT2D eigenvalue weighted by Gasteiger charge is -2.26. The number of nitrogens with one attached hydrogen (secondary N) is 1. The lowest BCUT2D eigenvalue weighted by Crippen LogP contribution is -2.41. The van der Waals surface area contributed by atoms with Crippen LogP contribution in [0.25, 0.3) is 11.3 Å². The van der Waals surface area contributed by atoms with Crippen molar-refractivity contribution in [3.8, 4) is 11.3 Å². The smallest absolute Gasteiger partial charge is 0.273 e. The van der Waals surface area contributed by atoms with Crippen molar-refractivity contribution in [2.45, 2.75) is 0 Å². The Morgan fingerprint density at radius 1 is 1.30 bits per heavy atom. The third-order valence-electron chi connectivity index (χ3n) is 3.70. The van der Waals surface area contributed by atoms with Gasteiger partial charge in [0.15, 0.2) is 11.5 Å². The number of morpholine rings is 1. The summed E-state index contributed by atoms with van der Waals surface area (Å²) in [6, 6.07) is 7.65. The second kappa shape index (κ2) is 7.34. The summed E-state index contributed by atoms with van der Waals surface area (Å²) in [5, 5.41) is 6.50. The molecular weight excluding hydrogens is 301 g/mol. The van der Waals surface area contributed by atoms with Crippen LogP contribution in [0.4, 0.5) is 4.39 Å². The molecule has 1 amide bonds. The fourth-order valence-electron chi connectivity index (χ4n) is 2.41. The van der Waals surface area contributed by atoms with E-state index < -0.39 is 5.82 Å². The van der Waals surface area contributed by atoms with Crippen LogP contribution >= 0.6 is 0 Å². The molecule has 1 fully saturated rings. The third kappa shape index (κ3) is 3.94. The quantitative estimate of drug-likeness (QED) is 0.905. The van der Waals surface area contributed by atoms with Crippen LogP contribution in [0.1, 0.15) is 10.5 Å². The van der Waals surface area contributed by atoms with Gasteiger partial charge in [0, 0.05) is 32.2 Å². The number of carbonyl (C=O) groups is 1. The number of nitrogens with zero attached hydrogens (tertiary/aromatic N) is 2. The van der Waals surface area contributed by atoms with E-state index in [9.17, 15) is 9.18 Å². The molecule has 1 aliphatic rings. The number of hydrogen-bond donors (Lipinski definition) is 1. The molecule has 2 aromatic rings. The molecule has 0 aliphatic carbocycles. The molecule has 1 saturated heterocycles. The molecule has 1 aromatic carbocycles. The Bertz CT molecular complexity index is 668. The predicted molar refractivity (Wildman–Crippen MR) is 81.5 cm³/mol. The predicted octanol–water partition coefficient (Wildman–Crippen LogP) is 1.54. The fourth-order valence-corrected chi connectivity index (χ4v) is 2.41. The summed E-state index contributed by atoms with van der Waals surface area (Å²) in [6.45, 7) is 4.47. The number of amides is 1. The van der Waals surface area contributed by atoms with Gasteiger partial charge in [-0.05, 0) is 12.1 Å². The van der Waals surface area contributed by atoms with Crippen LogP contribution in [0.15, 0.2) is 34.9 Å². The lowest BCUT2D eigenvalue weighted by molar-refractivity contribution is 0.0383. The minimum atomic E-state index is -0.414. The van der Waals surface area contributed by atoms with Gasteiger partial charge >= 0.3 is 0 Å². The maximum Gasteiger partial charge on any atom is 0.273 e. The van der Waals surface area contributed by atoms with Gasteiger partial charge in [0.05, 0.1) is 18.8 Å². The number of aromatic nitrogens is 1. The average molecular weight is 319 g/mol. The van der Waals surface area contributed by atoms with Gasteiger partial charge in [-0.15, -0.1) is 0 Å². The number of benzene rings is 1.